The van der Waals surface area contributed by atoms with Crippen LogP contribution >= 0.6 is 0 Å². The van der Waals surface area contributed by atoms with Gasteiger partial charge in [-0.2, -0.15) is 0 Å². The van der Waals surface area contributed by atoms with Gasteiger partial charge < -0.3 is 19.3 Å². The Bertz CT molecular complexity index is 424. The topological polar surface area (TPSA) is 65.0 Å². The Kier molecular flexibility index (Phi) is 6.87. The highest BCUT2D eigenvalue weighted by atomic mass is 16.7. The number of esters is 1. The van der Waals surface area contributed by atoms with Gasteiger partial charge in [0.1, 0.15) is 17.1 Å². The summed E-state index contributed by atoms with van der Waals surface area (Å²) in [6, 6.07) is 4.48. The van der Waals surface area contributed by atoms with Crippen LogP contribution in [0, 0.1) is 0 Å². The van der Waals surface area contributed by atoms with Gasteiger partial charge in [0.15, 0.2) is 6.29 Å². The molecule has 1 aromatic rings. The summed E-state index contributed by atoms with van der Waals surface area (Å²) in [4.78, 5) is 11.3. The molecule has 5 nitrogen and oxygen atoms in total. The van der Waals surface area contributed by atoms with E-state index in [1.165, 1.54) is 19.2 Å². The summed E-state index contributed by atoms with van der Waals surface area (Å²) in [6.07, 6.45) is 2.67. The van der Waals surface area contributed by atoms with Crippen LogP contribution in [0.3, 0.4) is 0 Å². The second kappa shape index (κ2) is 8.43. The van der Waals surface area contributed by atoms with Crippen molar-refractivity contribution in [3.63, 3.8) is 0 Å². The molecule has 5 heteroatoms. The molecule has 0 radical (unpaired) electrons. The quantitative estimate of drug-likeness (QED) is 0.863. The first-order valence-corrected chi connectivity index (χ1v) is 6.90. The fourth-order valence-electron chi connectivity index (χ4n) is 1.82. The van der Waals surface area contributed by atoms with E-state index in [0.29, 0.717) is 12.4 Å². The molecule has 0 aliphatic carbocycles. The molecular formula is C15H22O5. The van der Waals surface area contributed by atoms with Crippen molar-refractivity contribution in [2.45, 2.75) is 39.4 Å². The second-order valence-corrected chi connectivity index (χ2v) is 4.08. The Morgan fingerprint density at radius 3 is 2.65 bits per heavy atom. The maximum atomic E-state index is 11.3. The molecule has 1 fully saturated rings. The van der Waals surface area contributed by atoms with Crippen LogP contribution in [-0.2, 0) is 9.47 Å². The molecule has 0 aromatic heterocycles. The van der Waals surface area contributed by atoms with E-state index in [-0.39, 0.29) is 17.6 Å². The minimum absolute atomic E-state index is 0.120. The minimum Gasteiger partial charge on any atom is -0.507 e. The molecular weight excluding hydrogens is 260 g/mol. The third-order valence-corrected chi connectivity index (χ3v) is 2.78. The van der Waals surface area contributed by atoms with Gasteiger partial charge in [-0.1, -0.05) is 13.8 Å². The van der Waals surface area contributed by atoms with E-state index in [1.807, 2.05) is 13.8 Å². The summed E-state index contributed by atoms with van der Waals surface area (Å²) >= 11 is 0. The number of carbonyl (C=O) groups excluding carboxylic acids is 1. The lowest BCUT2D eigenvalue weighted by atomic mass is 10.2. The SMILES string of the molecule is CC.COC(=O)c1ccc(OC2CCCCO2)cc1O. The molecule has 112 valence electrons. The van der Waals surface area contributed by atoms with Crippen LogP contribution in [0.2, 0.25) is 0 Å². The number of benzene rings is 1. The average Bonchev–Trinajstić information content (AvgIpc) is 2.50. The summed E-state index contributed by atoms with van der Waals surface area (Å²) in [5, 5.41) is 9.70. The van der Waals surface area contributed by atoms with Crippen LogP contribution in [0.1, 0.15) is 43.5 Å². The average molecular weight is 282 g/mol. The van der Waals surface area contributed by atoms with Gasteiger partial charge in [-0.05, 0) is 25.0 Å². The van der Waals surface area contributed by atoms with Crippen LogP contribution in [0.15, 0.2) is 18.2 Å². The van der Waals surface area contributed by atoms with Crippen LogP contribution in [0.25, 0.3) is 0 Å². The summed E-state index contributed by atoms with van der Waals surface area (Å²) in [7, 11) is 1.27. The van der Waals surface area contributed by atoms with E-state index < -0.39 is 5.97 Å². The van der Waals surface area contributed by atoms with Crippen molar-refractivity contribution in [3.8, 4) is 11.5 Å². The summed E-state index contributed by atoms with van der Waals surface area (Å²) < 4.78 is 15.5. The first-order chi connectivity index (χ1) is 9.70. The highest BCUT2D eigenvalue weighted by molar-refractivity contribution is 5.92. The first-order valence-electron chi connectivity index (χ1n) is 6.90. The zero-order valence-electron chi connectivity index (χ0n) is 12.2. The number of hydrogen-bond donors (Lipinski definition) is 1. The van der Waals surface area contributed by atoms with Gasteiger partial charge in [-0.3, -0.25) is 0 Å². The Labute approximate surface area is 119 Å². The number of carbonyl (C=O) groups is 1. The Morgan fingerprint density at radius 2 is 2.10 bits per heavy atom. The van der Waals surface area contributed by atoms with Crippen LogP contribution in [0.5, 0.6) is 11.5 Å². The lowest BCUT2D eigenvalue weighted by Gasteiger charge is -2.23. The van der Waals surface area contributed by atoms with Gasteiger partial charge in [0.2, 0.25) is 0 Å². The van der Waals surface area contributed by atoms with E-state index >= 15 is 0 Å². The van der Waals surface area contributed by atoms with Crippen molar-refractivity contribution >= 4 is 5.97 Å². The van der Waals surface area contributed by atoms with Gasteiger partial charge in [-0.25, -0.2) is 4.79 Å². The van der Waals surface area contributed by atoms with Gasteiger partial charge in [0, 0.05) is 12.5 Å². The molecule has 0 bridgehead atoms. The zero-order chi connectivity index (χ0) is 15.0. The lowest BCUT2D eigenvalue weighted by molar-refractivity contribution is -0.105. The van der Waals surface area contributed by atoms with E-state index in [4.69, 9.17) is 9.47 Å². The molecule has 1 heterocycles. The fourth-order valence-corrected chi connectivity index (χ4v) is 1.82. The number of methoxy groups -OCH3 is 1. The third kappa shape index (κ3) is 4.42. The van der Waals surface area contributed by atoms with Gasteiger partial charge in [-0.15, -0.1) is 0 Å². The van der Waals surface area contributed by atoms with Crippen LogP contribution in [-0.4, -0.2) is 31.1 Å². The summed E-state index contributed by atoms with van der Waals surface area (Å²) in [5.74, 6) is -0.254. The summed E-state index contributed by atoms with van der Waals surface area (Å²) in [6.45, 7) is 4.69. The molecule has 0 saturated carbocycles. The van der Waals surface area contributed by atoms with Crippen molar-refractivity contribution in [3.05, 3.63) is 23.8 Å². The van der Waals surface area contributed by atoms with Gasteiger partial charge >= 0.3 is 5.97 Å². The van der Waals surface area contributed by atoms with Crippen molar-refractivity contribution in [1.82, 2.24) is 0 Å². The number of hydrogen-bond acceptors (Lipinski definition) is 5. The Morgan fingerprint density at radius 1 is 1.35 bits per heavy atom. The molecule has 1 aromatic carbocycles. The normalized spacial score (nSPS) is 17.6. The number of phenolic OH excluding ortho intramolecular Hbond substituents is 1. The fraction of sp³-hybridized carbons (Fsp3) is 0.533. The number of phenols is 1. The molecule has 1 aliphatic heterocycles. The predicted octanol–water partition coefficient (Wildman–Crippen LogP) is 3.11. The highest BCUT2D eigenvalue weighted by Gasteiger charge is 2.17. The number of rotatable bonds is 3. The molecule has 1 saturated heterocycles. The molecule has 0 spiro atoms. The summed E-state index contributed by atoms with van der Waals surface area (Å²) in [5.41, 5.74) is 0.120. The van der Waals surface area contributed by atoms with Crippen LogP contribution in [0.4, 0.5) is 0 Å². The molecule has 1 N–H and O–H groups in total. The molecule has 0 amide bonds. The number of aromatic hydroxyl groups is 1. The van der Waals surface area contributed by atoms with E-state index in [0.717, 1.165) is 19.3 Å². The maximum absolute atomic E-state index is 11.3. The second-order valence-electron chi connectivity index (χ2n) is 4.08. The third-order valence-electron chi connectivity index (χ3n) is 2.78. The van der Waals surface area contributed by atoms with Crippen molar-refractivity contribution < 1.29 is 24.1 Å². The Hall–Kier alpha value is -1.75. The molecule has 1 atom stereocenters. The largest absolute Gasteiger partial charge is 0.507 e. The van der Waals surface area contributed by atoms with Crippen molar-refractivity contribution in [2.75, 3.05) is 13.7 Å². The smallest absolute Gasteiger partial charge is 0.341 e. The van der Waals surface area contributed by atoms with Gasteiger partial charge in [0.05, 0.1) is 13.7 Å². The van der Waals surface area contributed by atoms with Crippen LogP contribution < -0.4 is 4.74 Å². The van der Waals surface area contributed by atoms with Gasteiger partial charge in [0.25, 0.3) is 0 Å². The monoisotopic (exact) mass is 282 g/mol. The van der Waals surface area contributed by atoms with E-state index in [9.17, 15) is 9.90 Å². The highest BCUT2D eigenvalue weighted by Crippen LogP contribution is 2.26. The Balaban J connectivity index is 0.000000956. The standard InChI is InChI=1S/C13H16O5.C2H6/c1-16-13(15)10-6-5-9(8-11(10)14)18-12-4-2-3-7-17-12;1-2/h5-6,8,12,14H,2-4,7H2,1H3;1-2H3. The van der Waals surface area contributed by atoms with Crippen molar-refractivity contribution in [1.29, 1.82) is 0 Å². The molecule has 2 rings (SSSR count). The van der Waals surface area contributed by atoms with Crippen molar-refractivity contribution in [2.24, 2.45) is 0 Å². The number of ether oxygens (including phenoxy) is 3. The maximum Gasteiger partial charge on any atom is 0.341 e. The predicted molar refractivity (Wildman–Crippen MR) is 75.0 cm³/mol. The molecule has 1 unspecified atom stereocenters. The zero-order valence-corrected chi connectivity index (χ0v) is 12.2. The minimum atomic E-state index is -0.576. The molecule has 20 heavy (non-hydrogen) atoms. The van der Waals surface area contributed by atoms with E-state index in [1.54, 1.807) is 6.07 Å². The molecule has 1 aliphatic rings. The lowest BCUT2D eigenvalue weighted by Crippen LogP contribution is -2.24. The van der Waals surface area contributed by atoms with E-state index in [2.05, 4.69) is 4.74 Å². The first kappa shape index (κ1) is 16.3.